The van der Waals surface area contributed by atoms with Crippen LogP contribution in [0.15, 0.2) is 48.5 Å². The molecule has 1 N–H and O–H groups in total. The Morgan fingerprint density at radius 1 is 1.00 bits per heavy atom. The van der Waals surface area contributed by atoms with Gasteiger partial charge in [0.1, 0.15) is 18.1 Å². The molecule has 3 rings (SSSR count). The van der Waals surface area contributed by atoms with E-state index in [9.17, 15) is 0 Å². The Balaban J connectivity index is 1.54. The molecule has 0 spiro atoms. The first-order chi connectivity index (χ1) is 10.3. The topological polar surface area (TPSA) is 30.5 Å². The molecule has 0 amide bonds. The van der Waals surface area contributed by atoms with Crippen molar-refractivity contribution < 1.29 is 9.47 Å². The molecule has 2 aromatic rings. The standard InChI is InChI=1S/C18H21NO2/c1-20-17-9-5-14(6-10-17)13-21-18-4-2-3-15(11-18)12-19-16-7-8-16/h2-6,9-11,16,19H,7-8,12-13H2,1H3. The summed E-state index contributed by atoms with van der Waals surface area (Å²) in [5, 5.41) is 3.52. The van der Waals surface area contributed by atoms with Crippen molar-refractivity contribution in [1.82, 2.24) is 5.32 Å². The SMILES string of the molecule is COc1ccc(COc2cccc(CNC3CC3)c2)cc1. The predicted octanol–water partition coefficient (Wildman–Crippen LogP) is 3.53. The van der Waals surface area contributed by atoms with Crippen LogP contribution < -0.4 is 14.8 Å². The maximum atomic E-state index is 5.86. The molecule has 1 aliphatic rings. The third-order valence-corrected chi connectivity index (χ3v) is 3.64. The quantitative estimate of drug-likeness (QED) is 0.843. The van der Waals surface area contributed by atoms with Crippen molar-refractivity contribution in [2.24, 2.45) is 0 Å². The lowest BCUT2D eigenvalue weighted by molar-refractivity contribution is 0.305. The van der Waals surface area contributed by atoms with Gasteiger partial charge in [-0.05, 0) is 48.2 Å². The molecule has 0 unspecified atom stereocenters. The smallest absolute Gasteiger partial charge is 0.120 e. The highest BCUT2D eigenvalue weighted by Gasteiger charge is 2.19. The van der Waals surface area contributed by atoms with Gasteiger partial charge in [0.25, 0.3) is 0 Å². The Morgan fingerprint density at radius 2 is 1.81 bits per heavy atom. The van der Waals surface area contributed by atoms with Crippen LogP contribution >= 0.6 is 0 Å². The minimum absolute atomic E-state index is 0.573. The second-order valence-corrected chi connectivity index (χ2v) is 5.44. The van der Waals surface area contributed by atoms with Crippen molar-refractivity contribution >= 4 is 0 Å². The zero-order chi connectivity index (χ0) is 14.5. The van der Waals surface area contributed by atoms with Crippen molar-refractivity contribution in [3.05, 3.63) is 59.7 Å². The minimum atomic E-state index is 0.573. The van der Waals surface area contributed by atoms with Gasteiger partial charge in [-0.25, -0.2) is 0 Å². The van der Waals surface area contributed by atoms with Crippen LogP contribution in [-0.2, 0) is 13.2 Å². The molecule has 0 radical (unpaired) electrons. The first-order valence-corrected chi connectivity index (χ1v) is 7.41. The van der Waals surface area contributed by atoms with E-state index in [0.29, 0.717) is 6.61 Å². The zero-order valence-electron chi connectivity index (χ0n) is 12.3. The van der Waals surface area contributed by atoms with Gasteiger partial charge in [0.2, 0.25) is 0 Å². The number of rotatable bonds is 7. The third kappa shape index (κ3) is 4.23. The normalized spacial score (nSPS) is 14.0. The van der Waals surface area contributed by atoms with E-state index in [1.165, 1.54) is 18.4 Å². The first-order valence-electron chi connectivity index (χ1n) is 7.41. The van der Waals surface area contributed by atoms with E-state index in [4.69, 9.17) is 9.47 Å². The van der Waals surface area contributed by atoms with Crippen LogP contribution in [-0.4, -0.2) is 13.2 Å². The maximum absolute atomic E-state index is 5.86. The van der Waals surface area contributed by atoms with Crippen molar-refractivity contribution in [2.75, 3.05) is 7.11 Å². The van der Waals surface area contributed by atoms with Gasteiger partial charge in [-0.15, -0.1) is 0 Å². The molecule has 0 aliphatic heterocycles. The summed E-state index contributed by atoms with van der Waals surface area (Å²) in [5.41, 5.74) is 2.41. The molecule has 2 aromatic carbocycles. The highest BCUT2D eigenvalue weighted by molar-refractivity contribution is 5.30. The largest absolute Gasteiger partial charge is 0.497 e. The lowest BCUT2D eigenvalue weighted by Gasteiger charge is -2.09. The highest BCUT2D eigenvalue weighted by atomic mass is 16.5. The van der Waals surface area contributed by atoms with Crippen LogP contribution in [0.25, 0.3) is 0 Å². The van der Waals surface area contributed by atoms with Crippen LogP contribution in [0, 0.1) is 0 Å². The first kappa shape index (κ1) is 14.0. The second-order valence-electron chi connectivity index (χ2n) is 5.44. The van der Waals surface area contributed by atoms with Gasteiger partial charge in [0.05, 0.1) is 7.11 Å². The number of ether oxygens (including phenoxy) is 2. The number of hydrogen-bond donors (Lipinski definition) is 1. The van der Waals surface area contributed by atoms with Gasteiger partial charge in [0, 0.05) is 12.6 Å². The van der Waals surface area contributed by atoms with Crippen LogP contribution in [0.1, 0.15) is 24.0 Å². The number of hydrogen-bond acceptors (Lipinski definition) is 3. The van der Waals surface area contributed by atoms with Crippen LogP contribution in [0.5, 0.6) is 11.5 Å². The van der Waals surface area contributed by atoms with Gasteiger partial charge < -0.3 is 14.8 Å². The summed E-state index contributed by atoms with van der Waals surface area (Å²) in [7, 11) is 1.67. The Bertz CT molecular complexity index is 576. The van der Waals surface area contributed by atoms with E-state index in [2.05, 4.69) is 17.4 Å². The Labute approximate surface area is 125 Å². The molecule has 1 fully saturated rings. The van der Waals surface area contributed by atoms with Gasteiger partial charge in [-0.1, -0.05) is 24.3 Å². The van der Waals surface area contributed by atoms with Crippen molar-refractivity contribution in [1.29, 1.82) is 0 Å². The Morgan fingerprint density at radius 3 is 2.52 bits per heavy atom. The molecule has 1 aliphatic carbocycles. The van der Waals surface area contributed by atoms with Gasteiger partial charge in [-0.3, -0.25) is 0 Å². The summed E-state index contributed by atoms with van der Waals surface area (Å²) in [6.07, 6.45) is 2.63. The lowest BCUT2D eigenvalue weighted by Crippen LogP contribution is -2.15. The number of nitrogens with one attached hydrogen (secondary N) is 1. The molecule has 3 heteroatoms. The molecule has 0 saturated heterocycles. The second kappa shape index (κ2) is 6.64. The molecule has 0 heterocycles. The van der Waals surface area contributed by atoms with E-state index in [1.54, 1.807) is 7.11 Å². The molecule has 0 atom stereocenters. The highest BCUT2D eigenvalue weighted by Crippen LogP contribution is 2.21. The fourth-order valence-electron chi connectivity index (χ4n) is 2.18. The van der Waals surface area contributed by atoms with E-state index in [-0.39, 0.29) is 0 Å². The zero-order valence-corrected chi connectivity index (χ0v) is 12.3. The summed E-state index contributed by atoms with van der Waals surface area (Å²) >= 11 is 0. The van der Waals surface area contributed by atoms with Crippen molar-refractivity contribution in [2.45, 2.75) is 32.0 Å². The summed E-state index contributed by atoms with van der Waals surface area (Å²) < 4.78 is 11.0. The lowest BCUT2D eigenvalue weighted by atomic mass is 10.2. The van der Waals surface area contributed by atoms with E-state index in [1.807, 2.05) is 36.4 Å². The Kier molecular flexibility index (Phi) is 4.41. The fourth-order valence-corrected chi connectivity index (χ4v) is 2.18. The average molecular weight is 283 g/mol. The molecule has 110 valence electrons. The van der Waals surface area contributed by atoms with Gasteiger partial charge >= 0.3 is 0 Å². The van der Waals surface area contributed by atoms with E-state index in [0.717, 1.165) is 29.6 Å². The fraction of sp³-hybridized carbons (Fsp3) is 0.333. The van der Waals surface area contributed by atoms with Crippen LogP contribution in [0.2, 0.25) is 0 Å². The average Bonchev–Trinajstić information content (AvgIpc) is 3.36. The van der Waals surface area contributed by atoms with Crippen molar-refractivity contribution in [3.63, 3.8) is 0 Å². The van der Waals surface area contributed by atoms with E-state index < -0.39 is 0 Å². The summed E-state index contributed by atoms with van der Waals surface area (Å²) in [6.45, 7) is 1.49. The molecule has 3 nitrogen and oxygen atoms in total. The van der Waals surface area contributed by atoms with Crippen LogP contribution in [0.4, 0.5) is 0 Å². The maximum Gasteiger partial charge on any atom is 0.120 e. The summed E-state index contributed by atoms with van der Waals surface area (Å²) in [6, 6.07) is 17.0. The molecule has 1 saturated carbocycles. The Hall–Kier alpha value is -2.00. The summed E-state index contributed by atoms with van der Waals surface area (Å²) in [5.74, 6) is 1.79. The molecular formula is C18H21NO2. The van der Waals surface area contributed by atoms with Crippen molar-refractivity contribution in [3.8, 4) is 11.5 Å². The van der Waals surface area contributed by atoms with Gasteiger partial charge in [-0.2, -0.15) is 0 Å². The van der Waals surface area contributed by atoms with Crippen LogP contribution in [0.3, 0.4) is 0 Å². The van der Waals surface area contributed by atoms with E-state index >= 15 is 0 Å². The molecular weight excluding hydrogens is 262 g/mol. The molecule has 0 aromatic heterocycles. The molecule has 0 bridgehead atoms. The number of methoxy groups -OCH3 is 1. The van der Waals surface area contributed by atoms with Gasteiger partial charge in [0.15, 0.2) is 0 Å². The third-order valence-electron chi connectivity index (χ3n) is 3.64. The molecule has 21 heavy (non-hydrogen) atoms. The number of benzene rings is 2. The minimum Gasteiger partial charge on any atom is -0.497 e. The monoisotopic (exact) mass is 283 g/mol. The predicted molar refractivity (Wildman–Crippen MR) is 83.6 cm³/mol. The summed E-state index contributed by atoms with van der Waals surface area (Å²) in [4.78, 5) is 0.